The monoisotopic (exact) mass is 344 g/mol. The summed E-state index contributed by atoms with van der Waals surface area (Å²) >= 11 is 0. The van der Waals surface area contributed by atoms with Crippen molar-refractivity contribution in [2.75, 3.05) is 0 Å². The van der Waals surface area contributed by atoms with Crippen LogP contribution in [-0.4, -0.2) is 19.1 Å². The van der Waals surface area contributed by atoms with E-state index in [0.29, 0.717) is 0 Å². The van der Waals surface area contributed by atoms with E-state index in [9.17, 15) is 39.5 Å². The Bertz CT molecular complexity index is 498. The molecule has 4 nitrogen and oxygen atoms in total. The third kappa shape index (κ3) is 6.05. The number of alkyl halides is 9. The average molecular weight is 344 g/mol. The average Bonchev–Trinajstić information content (AvgIpc) is 2.18. The number of nitrogens with one attached hydrogen (secondary N) is 1. The van der Waals surface area contributed by atoms with Gasteiger partial charge in [-0.25, -0.2) is 0 Å². The molecule has 0 aliphatic carbocycles. The van der Waals surface area contributed by atoms with E-state index >= 15 is 0 Å². The van der Waals surface area contributed by atoms with E-state index in [1.165, 1.54) is 0 Å². The largest absolute Gasteiger partial charge is 0.573 e. The molecule has 0 fully saturated rings. The predicted molar refractivity (Wildman–Crippen MR) is 49.2 cm³/mol. The smallest absolute Gasteiger partial charge is 0.406 e. The van der Waals surface area contributed by atoms with E-state index in [-0.39, 0.29) is 12.1 Å². The minimum Gasteiger partial charge on any atom is -0.406 e. The fraction of sp³-hybridized carbons (Fsp3) is 0.333. The Morgan fingerprint density at radius 1 is 0.636 bits per heavy atom. The molecule has 0 atom stereocenters. The fourth-order valence-corrected chi connectivity index (χ4v) is 1.17. The summed E-state index contributed by atoms with van der Waals surface area (Å²) in [5.41, 5.74) is 5.48. The number of hydrogen-bond donors (Lipinski definition) is 0. The minimum atomic E-state index is -5.46. The molecule has 125 valence electrons. The Morgan fingerprint density at radius 2 is 0.955 bits per heavy atom. The maximum Gasteiger partial charge on any atom is 0.573 e. The van der Waals surface area contributed by atoms with Crippen LogP contribution < -0.4 is 19.9 Å². The van der Waals surface area contributed by atoms with Gasteiger partial charge in [0, 0.05) is 12.1 Å². The van der Waals surface area contributed by atoms with E-state index < -0.39 is 42.0 Å². The molecule has 13 heteroatoms. The molecule has 1 N–H and O–H groups in total. The second-order valence-corrected chi connectivity index (χ2v) is 3.44. The number of rotatable bonds is 3. The quantitative estimate of drug-likeness (QED) is 0.769. The molecular weight excluding hydrogens is 341 g/mol. The number of hydrogen-bond acceptors (Lipinski definition) is 3. The second-order valence-electron chi connectivity index (χ2n) is 3.44. The molecular formula is C9H3F9NO3. The van der Waals surface area contributed by atoms with Gasteiger partial charge in [0.2, 0.25) is 0 Å². The lowest BCUT2D eigenvalue weighted by molar-refractivity contribution is -0.278. The first-order valence-corrected chi connectivity index (χ1v) is 4.83. The van der Waals surface area contributed by atoms with Crippen LogP contribution in [0.2, 0.25) is 0 Å². The summed E-state index contributed by atoms with van der Waals surface area (Å²) in [5, 5.41) is 0. The van der Waals surface area contributed by atoms with Crippen LogP contribution in [0.1, 0.15) is 0 Å². The van der Waals surface area contributed by atoms with Crippen molar-refractivity contribution in [1.29, 1.82) is 0 Å². The molecule has 0 aliphatic heterocycles. The lowest BCUT2D eigenvalue weighted by Gasteiger charge is -2.17. The molecule has 0 spiro atoms. The van der Waals surface area contributed by atoms with Crippen molar-refractivity contribution in [1.82, 2.24) is 5.73 Å². The summed E-state index contributed by atoms with van der Waals surface area (Å²) in [7, 11) is 0. The van der Waals surface area contributed by atoms with Gasteiger partial charge in [-0.2, -0.15) is 0 Å². The number of benzene rings is 1. The van der Waals surface area contributed by atoms with Gasteiger partial charge in [-0.15, -0.1) is 39.5 Å². The SMILES string of the molecule is [NH]c1c(OC(F)(F)F)cc(OC(F)(F)F)cc1OC(F)(F)F. The highest BCUT2D eigenvalue weighted by Crippen LogP contribution is 2.43. The van der Waals surface area contributed by atoms with Crippen LogP contribution in [0.3, 0.4) is 0 Å². The lowest BCUT2D eigenvalue weighted by Crippen LogP contribution is -2.21. The van der Waals surface area contributed by atoms with Gasteiger partial charge in [-0.1, -0.05) is 0 Å². The van der Waals surface area contributed by atoms with E-state index in [1.54, 1.807) is 0 Å². The number of ether oxygens (including phenoxy) is 3. The second kappa shape index (κ2) is 5.53. The minimum absolute atomic E-state index is 0.0491. The third-order valence-corrected chi connectivity index (χ3v) is 1.72. The molecule has 1 aromatic carbocycles. The molecule has 1 aromatic rings. The summed E-state index contributed by atoms with van der Waals surface area (Å²) in [4.78, 5) is 0. The molecule has 0 saturated carbocycles. The van der Waals surface area contributed by atoms with Crippen LogP contribution >= 0.6 is 0 Å². The Hall–Kier alpha value is -2.21. The van der Waals surface area contributed by atoms with Crippen molar-refractivity contribution in [2.45, 2.75) is 19.1 Å². The highest BCUT2D eigenvalue weighted by Gasteiger charge is 2.38. The fourth-order valence-electron chi connectivity index (χ4n) is 1.17. The molecule has 0 unspecified atom stereocenters. The molecule has 1 rings (SSSR count). The Kier molecular flexibility index (Phi) is 4.49. The summed E-state index contributed by atoms with van der Waals surface area (Å²) < 4.78 is 118. The van der Waals surface area contributed by atoms with Crippen LogP contribution in [0.25, 0.3) is 0 Å². The van der Waals surface area contributed by atoms with Gasteiger partial charge < -0.3 is 14.2 Å². The van der Waals surface area contributed by atoms with Gasteiger partial charge in [-0.3, -0.25) is 5.73 Å². The first-order valence-electron chi connectivity index (χ1n) is 4.83. The van der Waals surface area contributed by atoms with Crippen molar-refractivity contribution in [3.05, 3.63) is 12.1 Å². The maximum atomic E-state index is 12.0. The first kappa shape index (κ1) is 17.8. The van der Waals surface area contributed by atoms with Crippen LogP contribution in [0.4, 0.5) is 45.2 Å². The highest BCUT2D eigenvalue weighted by atomic mass is 19.4. The van der Waals surface area contributed by atoms with E-state index in [2.05, 4.69) is 14.2 Å². The van der Waals surface area contributed by atoms with Gasteiger partial charge in [0.05, 0.1) is 0 Å². The van der Waals surface area contributed by atoms with Crippen LogP contribution in [-0.2, 0) is 0 Å². The Morgan fingerprint density at radius 3 is 1.23 bits per heavy atom. The predicted octanol–water partition coefficient (Wildman–Crippen LogP) is 4.30. The molecule has 0 heterocycles. The zero-order chi connectivity index (χ0) is 17.3. The summed E-state index contributed by atoms with van der Waals surface area (Å²) in [6.45, 7) is 0. The summed E-state index contributed by atoms with van der Waals surface area (Å²) in [6.07, 6.45) is -16.3. The number of halogens is 9. The topological polar surface area (TPSA) is 51.5 Å². The van der Waals surface area contributed by atoms with Gasteiger partial charge in [0.1, 0.15) is 11.4 Å². The molecule has 1 radical (unpaired) electrons. The lowest BCUT2D eigenvalue weighted by atomic mass is 10.2. The van der Waals surface area contributed by atoms with Crippen LogP contribution in [0.15, 0.2) is 12.1 Å². The van der Waals surface area contributed by atoms with Crippen molar-refractivity contribution < 1.29 is 53.7 Å². The zero-order valence-electron chi connectivity index (χ0n) is 9.78. The normalized spacial score (nSPS) is 13.0. The van der Waals surface area contributed by atoms with Crippen LogP contribution in [0, 0.1) is 0 Å². The Labute approximate surface area is 115 Å². The summed E-state index contributed by atoms with van der Waals surface area (Å²) in [6, 6.07) is -0.0981. The van der Waals surface area contributed by atoms with Gasteiger partial charge in [0.25, 0.3) is 0 Å². The van der Waals surface area contributed by atoms with Gasteiger partial charge >= 0.3 is 19.1 Å². The van der Waals surface area contributed by atoms with Crippen molar-refractivity contribution in [3.63, 3.8) is 0 Å². The van der Waals surface area contributed by atoms with E-state index in [0.717, 1.165) is 0 Å². The standard InChI is InChI=1S/C9H3F9NO3/c10-7(11,12)20-3-1-4(21-8(13,14)15)6(19)5(2-3)22-9(16,17)18/h1-2,19H. The van der Waals surface area contributed by atoms with E-state index in [4.69, 9.17) is 5.73 Å². The first-order chi connectivity index (χ1) is 9.66. The molecule has 0 bridgehead atoms. The summed E-state index contributed by atoms with van der Waals surface area (Å²) in [5.74, 6) is -4.80. The van der Waals surface area contributed by atoms with E-state index in [1.807, 2.05) is 0 Å². The van der Waals surface area contributed by atoms with Crippen molar-refractivity contribution in [3.8, 4) is 17.2 Å². The highest BCUT2D eigenvalue weighted by molar-refractivity contribution is 5.63. The van der Waals surface area contributed by atoms with Crippen molar-refractivity contribution >= 4 is 5.69 Å². The molecule has 0 aromatic heterocycles. The molecule has 0 amide bonds. The van der Waals surface area contributed by atoms with Gasteiger partial charge in [0.15, 0.2) is 11.5 Å². The van der Waals surface area contributed by atoms with Crippen molar-refractivity contribution in [2.24, 2.45) is 0 Å². The molecule has 0 aliphatic rings. The molecule has 22 heavy (non-hydrogen) atoms. The zero-order valence-corrected chi connectivity index (χ0v) is 9.78. The Balaban J connectivity index is 3.30. The van der Waals surface area contributed by atoms with Crippen LogP contribution in [0.5, 0.6) is 17.2 Å². The maximum absolute atomic E-state index is 12.0. The third-order valence-electron chi connectivity index (χ3n) is 1.72. The molecule has 0 saturated heterocycles. The van der Waals surface area contributed by atoms with Gasteiger partial charge in [-0.05, 0) is 0 Å².